The van der Waals surface area contributed by atoms with Gasteiger partial charge in [-0.05, 0) is 16.7 Å². The molecule has 0 aliphatic heterocycles. The second-order valence-corrected chi connectivity index (χ2v) is 10.2. The van der Waals surface area contributed by atoms with Gasteiger partial charge in [0.1, 0.15) is 18.9 Å². The van der Waals surface area contributed by atoms with Crippen LogP contribution in [0, 0.1) is 0 Å². The van der Waals surface area contributed by atoms with E-state index in [1.807, 2.05) is 6.07 Å². The van der Waals surface area contributed by atoms with Crippen molar-refractivity contribution in [2.45, 2.75) is 31.6 Å². The van der Waals surface area contributed by atoms with Crippen LogP contribution < -0.4 is 40.2 Å². The molecule has 39 heavy (non-hydrogen) atoms. The van der Waals surface area contributed by atoms with E-state index < -0.39 is 44.0 Å². The summed E-state index contributed by atoms with van der Waals surface area (Å²) in [6.07, 6.45) is -3.36. The van der Waals surface area contributed by atoms with Gasteiger partial charge in [0, 0.05) is 12.8 Å². The van der Waals surface area contributed by atoms with Crippen molar-refractivity contribution < 1.29 is 67.8 Å². The molecular formula is C27H29N2NaO8P+. The molecule has 12 heteroatoms. The minimum absolute atomic E-state index is 0. The van der Waals surface area contributed by atoms with E-state index in [1.54, 1.807) is 84.9 Å². The molecule has 0 aliphatic carbocycles. The Labute approximate surface area is 248 Å². The van der Waals surface area contributed by atoms with Crippen molar-refractivity contribution in [2.75, 3.05) is 6.29 Å². The normalized spacial score (nSPS) is 13.6. The Morgan fingerprint density at radius 2 is 1.28 bits per heavy atom. The van der Waals surface area contributed by atoms with Gasteiger partial charge in [-0.1, -0.05) is 91.0 Å². The van der Waals surface area contributed by atoms with Gasteiger partial charge in [0.05, 0.1) is 0 Å². The molecule has 3 atom stereocenters. The molecule has 0 heterocycles. The first-order valence-electron chi connectivity index (χ1n) is 11.8. The molecule has 0 aromatic heterocycles. The predicted molar refractivity (Wildman–Crippen MR) is 139 cm³/mol. The quantitative estimate of drug-likeness (QED) is 0.173. The van der Waals surface area contributed by atoms with Crippen molar-refractivity contribution in [3.63, 3.8) is 0 Å². The van der Waals surface area contributed by atoms with Gasteiger partial charge in [0.15, 0.2) is 6.10 Å². The molecule has 3 aromatic carbocycles. The van der Waals surface area contributed by atoms with Crippen LogP contribution in [0.4, 0.5) is 4.79 Å². The largest absolute Gasteiger partial charge is 1.00 e. The van der Waals surface area contributed by atoms with Crippen molar-refractivity contribution >= 4 is 25.6 Å². The summed E-state index contributed by atoms with van der Waals surface area (Å²) in [7, 11) is -4.56. The van der Waals surface area contributed by atoms with Gasteiger partial charge in [0.2, 0.25) is 5.91 Å². The Bertz CT molecular complexity index is 1250. The van der Waals surface area contributed by atoms with Gasteiger partial charge >= 0.3 is 49.2 Å². The summed E-state index contributed by atoms with van der Waals surface area (Å²) in [6, 6.07) is 25.2. The Hall–Kier alpha value is -2.98. The average molecular weight is 563 g/mol. The number of aliphatic carboxylic acids is 1. The molecule has 0 fully saturated rings. The van der Waals surface area contributed by atoms with Crippen LogP contribution in [-0.4, -0.2) is 46.4 Å². The summed E-state index contributed by atoms with van der Waals surface area (Å²) < 4.78 is 22.8. The molecule has 10 nitrogen and oxygen atoms in total. The number of nitrogens with one attached hydrogen (secondary N) is 2. The van der Waals surface area contributed by atoms with Crippen LogP contribution in [0.1, 0.15) is 16.7 Å². The molecule has 0 spiro atoms. The molecule has 2 amide bonds. The van der Waals surface area contributed by atoms with Crippen molar-refractivity contribution in [2.24, 2.45) is 0 Å². The van der Waals surface area contributed by atoms with Crippen molar-refractivity contribution in [3.8, 4) is 0 Å². The fourth-order valence-corrected chi connectivity index (χ4v) is 4.49. The van der Waals surface area contributed by atoms with Gasteiger partial charge in [-0.3, -0.25) is 13.9 Å². The van der Waals surface area contributed by atoms with E-state index in [1.165, 1.54) is 0 Å². The molecule has 200 valence electrons. The summed E-state index contributed by atoms with van der Waals surface area (Å²) in [5.41, 5.74) is 2.09. The van der Waals surface area contributed by atoms with Gasteiger partial charge < -0.3 is 25.4 Å². The molecular weight excluding hydrogens is 534 g/mol. The molecule has 3 rings (SSSR count). The monoisotopic (exact) mass is 563 g/mol. The molecule has 4 N–H and O–H groups in total. The second kappa shape index (κ2) is 16.2. The maximum Gasteiger partial charge on any atom is 1.00 e. The Balaban J connectivity index is 0.00000533. The zero-order valence-electron chi connectivity index (χ0n) is 21.4. The number of alkyl carbamates (subject to hydrolysis) is 1. The number of hydrogen-bond donors (Lipinski definition) is 4. The van der Waals surface area contributed by atoms with E-state index in [9.17, 15) is 28.9 Å². The van der Waals surface area contributed by atoms with E-state index >= 15 is 0 Å². The summed E-state index contributed by atoms with van der Waals surface area (Å²) in [6.45, 7) is -0.00990. The van der Waals surface area contributed by atoms with Crippen LogP contribution >= 0.6 is 7.60 Å². The molecule has 0 radical (unpaired) electrons. The number of carbonyl (C=O) groups excluding carboxylic acids is 2. The maximum atomic E-state index is 12.9. The van der Waals surface area contributed by atoms with Crippen LogP contribution in [0.5, 0.6) is 0 Å². The number of amides is 2. The SMILES string of the molecule is O=C(N[C@@H](Cc1ccccc1)C(=O)NCP(=O)(O)OC(Cc1ccccc1)C(=O)O)OCc1ccccc1.[Na+]. The number of benzene rings is 3. The third-order valence-electron chi connectivity index (χ3n) is 5.39. The molecule has 0 bridgehead atoms. The van der Waals surface area contributed by atoms with E-state index in [2.05, 4.69) is 10.6 Å². The Morgan fingerprint density at radius 1 is 0.795 bits per heavy atom. The van der Waals surface area contributed by atoms with Gasteiger partial charge in [-0.15, -0.1) is 0 Å². The molecule has 0 saturated heterocycles. The van der Waals surface area contributed by atoms with Crippen LogP contribution in [-0.2, 0) is 42.9 Å². The zero-order chi connectivity index (χ0) is 27.4. The Morgan fingerprint density at radius 3 is 1.79 bits per heavy atom. The summed E-state index contributed by atoms with van der Waals surface area (Å²) in [4.78, 5) is 47.2. The standard InChI is InChI=1S/C27H29N2O8P.Na/c30-25(28-19-38(34,35)37-24(26(31)32)17-21-12-6-2-7-13-21)23(16-20-10-4-1-5-11-20)29-27(33)36-18-22-14-8-3-9-15-22;/h1-15,23-24H,16-19H2,(H,28,30)(H,29,33)(H,31,32)(H,34,35);/q;+1/t23-,24?;/m0./s1. The van der Waals surface area contributed by atoms with Crippen molar-refractivity contribution in [1.82, 2.24) is 10.6 Å². The van der Waals surface area contributed by atoms with Gasteiger partial charge in [-0.2, -0.15) is 0 Å². The van der Waals surface area contributed by atoms with Crippen molar-refractivity contribution in [1.29, 1.82) is 0 Å². The summed E-state index contributed by atoms with van der Waals surface area (Å²) in [5.74, 6) is -2.18. The second-order valence-electron chi connectivity index (χ2n) is 8.41. The topological polar surface area (TPSA) is 151 Å². The molecule has 2 unspecified atom stereocenters. The van der Waals surface area contributed by atoms with Crippen molar-refractivity contribution in [3.05, 3.63) is 108 Å². The number of carboxylic acids is 1. The van der Waals surface area contributed by atoms with E-state index in [0.717, 1.165) is 11.1 Å². The molecule has 3 aromatic rings. The minimum atomic E-state index is -4.56. The third-order valence-corrected chi connectivity index (χ3v) is 6.53. The fraction of sp³-hybridized carbons (Fsp3) is 0.222. The number of rotatable bonds is 13. The predicted octanol–water partition coefficient (Wildman–Crippen LogP) is 0.500. The first kappa shape index (κ1) is 32.2. The number of carboxylic acid groups (broad SMARTS) is 1. The summed E-state index contributed by atoms with van der Waals surface area (Å²) in [5, 5.41) is 14.2. The third kappa shape index (κ3) is 11.7. The van der Waals surface area contributed by atoms with Crippen LogP contribution in [0.15, 0.2) is 91.0 Å². The fourth-order valence-electron chi connectivity index (χ4n) is 3.50. The van der Waals surface area contributed by atoms with Gasteiger partial charge in [0.25, 0.3) is 0 Å². The van der Waals surface area contributed by atoms with E-state index in [-0.39, 0.29) is 49.0 Å². The van der Waals surface area contributed by atoms with Gasteiger partial charge in [-0.25, -0.2) is 9.59 Å². The smallest absolute Gasteiger partial charge is 0.479 e. The van der Waals surface area contributed by atoms with E-state index in [4.69, 9.17) is 9.26 Å². The number of hydrogen-bond acceptors (Lipinski definition) is 6. The maximum absolute atomic E-state index is 12.9. The minimum Gasteiger partial charge on any atom is -0.479 e. The molecule has 0 saturated carbocycles. The average Bonchev–Trinajstić information content (AvgIpc) is 2.91. The first-order chi connectivity index (χ1) is 18.2. The Kier molecular flexibility index (Phi) is 13.4. The van der Waals surface area contributed by atoms with Crippen LogP contribution in [0.3, 0.4) is 0 Å². The van der Waals surface area contributed by atoms with Crippen LogP contribution in [0.25, 0.3) is 0 Å². The number of ether oxygens (including phenoxy) is 1. The summed E-state index contributed by atoms with van der Waals surface area (Å²) >= 11 is 0. The molecule has 0 aliphatic rings. The zero-order valence-corrected chi connectivity index (χ0v) is 24.3. The van der Waals surface area contributed by atoms with Crippen LogP contribution in [0.2, 0.25) is 0 Å². The number of carbonyl (C=O) groups is 3. The van der Waals surface area contributed by atoms with E-state index in [0.29, 0.717) is 5.56 Å². The first-order valence-corrected chi connectivity index (χ1v) is 13.5.